The Labute approximate surface area is 114 Å². The van der Waals surface area contributed by atoms with Crippen molar-refractivity contribution in [2.45, 2.75) is 13.1 Å². The molecule has 0 aliphatic rings. The molecule has 104 valence electrons. The first-order chi connectivity index (χ1) is 9.38. The number of alkyl halides is 3. The Kier molecular flexibility index (Phi) is 2.68. The highest BCUT2D eigenvalue weighted by molar-refractivity contribution is 6.30. The van der Waals surface area contributed by atoms with Gasteiger partial charge in [0.1, 0.15) is 11.5 Å². The first kappa shape index (κ1) is 12.9. The summed E-state index contributed by atoms with van der Waals surface area (Å²) in [7, 11) is 0. The monoisotopic (exact) mass is 302 g/mol. The summed E-state index contributed by atoms with van der Waals surface area (Å²) in [5, 5.41) is 7.75. The van der Waals surface area contributed by atoms with E-state index in [9.17, 15) is 13.2 Å². The molecule has 0 fully saturated rings. The van der Waals surface area contributed by atoms with Crippen LogP contribution in [0.15, 0.2) is 18.7 Å². The molecule has 0 saturated carbocycles. The number of nitrogens with zero attached hydrogens (tertiary/aromatic N) is 6. The summed E-state index contributed by atoms with van der Waals surface area (Å²) in [5.74, 6) is 0.438. The van der Waals surface area contributed by atoms with Gasteiger partial charge in [0, 0.05) is 11.8 Å². The van der Waals surface area contributed by atoms with E-state index in [-0.39, 0.29) is 16.7 Å². The van der Waals surface area contributed by atoms with Crippen LogP contribution in [-0.2, 0) is 6.18 Å². The van der Waals surface area contributed by atoms with Gasteiger partial charge >= 0.3 is 6.18 Å². The van der Waals surface area contributed by atoms with Crippen LogP contribution in [-0.4, -0.2) is 29.4 Å². The van der Waals surface area contributed by atoms with E-state index in [1.807, 2.05) is 0 Å². The molecule has 20 heavy (non-hydrogen) atoms. The van der Waals surface area contributed by atoms with Gasteiger partial charge in [-0.15, -0.1) is 0 Å². The van der Waals surface area contributed by atoms with Gasteiger partial charge in [-0.1, -0.05) is 11.6 Å². The minimum absolute atomic E-state index is 0.129. The summed E-state index contributed by atoms with van der Waals surface area (Å²) in [6.07, 6.45) is -1.64. The number of fused-ring (bicyclic) bond motifs is 1. The Balaban J connectivity index is 2.26. The molecule has 3 aromatic rings. The van der Waals surface area contributed by atoms with Crippen molar-refractivity contribution >= 4 is 17.4 Å². The lowest BCUT2D eigenvalue weighted by molar-refractivity contribution is -0.137. The zero-order valence-electron chi connectivity index (χ0n) is 9.93. The van der Waals surface area contributed by atoms with Crippen LogP contribution >= 0.6 is 11.6 Å². The average molecular weight is 303 g/mol. The van der Waals surface area contributed by atoms with Crippen molar-refractivity contribution in [2.75, 3.05) is 0 Å². The van der Waals surface area contributed by atoms with Crippen LogP contribution in [0.5, 0.6) is 0 Å². The molecule has 10 heteroatoms. The number of rotatable bonds is 1. The van der Waals surface area contributed by atoms with Crippen LogP contribution < -0.4 is 0 Å². The number of aromatic nitrogens is 6. The quantitative estimate of drug-likeness (QED) is 0.647. The van der Waals surface area contributed by atoms with Crippen LogP contribution in [0.3, 0.4) is 0 Å². The molecule has 3 rings (SSSR count). The zero-order valence-corrected chi connectivity index (χ0v) is 10.7. The smallest absolute Gasteiger partial charge is 0.221 e. The second-order valence-corrected chi connectivity index (χ2v) is 4.35. The van der Waals surface area contributed by atoms with E-state index in [1.165, 1.54) is 10.8 Å². The molecule has 0 amide bonds. The van der Waals surface area contributed by atoms with Gasteiger partial charge < -0.3 is 0 Å². The molecule has 0 N–H and O–H groups in total. The highest BCUT2D eigenvalue weighted by atomic mass is 35.5. The van der Waals surface area contributed by atoms with Gasteiger partial charge in [-0.25, -0.2) is 4.68 Å². The van der Waals surface area contributed by atoms with Gasteiger partial charge in [-0.05, 0) is 6.92 Å². The van der Waals surface area contributed by atoms with Crippen LogP contribution in [0.25, 0.3) is 11.6 Å². The minimum Gasteiger partial charge on any atom is -0.221 e. The molecule has 3 aromatic heterocycles. The summed E-state index contributed by atoms with van der Waals surface area (Å²) >= 11 is 5.94. The molecule has 0 aliphatic carbocycles. The molecule has 0 radical (unpaired) electrons. The lowest BCUT2D eigenvalue weighted by Crippen LogP contribution is -2.09. The first-order valence-electron chi connectivity index (χ1n) is 5.36. The Morgan fingerprint density at radius 2 is 2.00 bits per heavy atom. The van der Waals surface area contributed by atoms with E-state index >= 15 is 0 Å². The maximum Gasteiger partial charge on any atom is 0.419 e. The molecule has 0 aliphatic heterocycles. The first-order valence-corrected chi connectivity index (χ1v) is 5.74. The fourth-order valence-electron chi connectivity index (χ4n) is 1.74. The molecule has 3 heterocycles. The molecule has 0 unspecified atom stereocenters. The SMILES string of the molecule is Cc1c(Cl)nc2ncnn2c1-n1cc(C(F)(F)F)cn1. The molecular weight excluding hydrogens is 297 g/mol. The van der Waals surface area contributed by atoms with E-state index in [1.54, 1.807) is 6.92 Å². The van der Waals surface area contributed by atoms with E-state index in [4.69, 9.17) is 11.6 Å². The highest BCUT2D eigenvalue weighted by Crippen LogP contribution is 2.30. The molecule has 0 aromatic carbocycles. The second-order valence-electron chi connectivity index (χ2n) is 3.99. The summed E-state index contributed by atoms with van der Waals surface area (Å²) in [6.45, 7) is 1.61. The minimum atomic E-state index is -4.47. The van der Waals surface area contributed by atoms with Crippen molar-refractivity contribution in [3.8, 4) is 5.82 Å². The number of halogens is 4. The maximum absolute atomic E-state index is 12.6. The van der Waals surface area contributed by atoms with E-state index in [2.05, 4.69) is 20.2 Å². The van der Waals surface area contributed by atoms with Crippen LogP contribution in [0.4, 0.5) is 13.2 Å². The maximum atomic E-state index is 12.6. The largest absolute Gasteiger partial charge is 0.419 e. The van der Waals surface area contributed by atoms with Crippen molar-refractivity contribution in [1.29, 1.82) is 0 Å². The molecule has 0 atom stereocenters. The Morgan fingerprint density at radius 3 is 2.65 bits per heavy atom. The fraction of sp³-hybridized carbons (Fsp3) is 0.200. The van der Waals surface area contributed by atoms with Crippen molar-refractivity contribution in [2.24, 2.45) is 0 Å². The van der Waals surface area contributed by atoms with E-state index in [0.717, 1.165) is 17.1 Å². The second kappa shape index (κ2) is 4.17. The van der Waals surface area contributed by atoms with Gasteiger partial charge in [0.05, 0.1) is 11.8 Å². The fourth-order valence-corrected chi connectivity index (χ4v) is 1.90. The summed E-state index contributed by atoms with van der Waals surface area (Å²) in [5.41, 5.74) is -0.417. The van der Waals surface area contributed by atoms with Gasteiger partial charge in [0.25, 0.3) is 5.78 Å². The third kappa shape index (κ3) is 1.90. The van der Waals surface area contributed by atoms with E-state index < -0.39 is 11.7 Å². The Morgan fingerprint density at radius 1 is 1.25 bits per heavy atom. The van der Waals surface area contributed by atoms with Gasteiger partial charge in [0.2, 0.25) is 0 Å². The topological polar surface area (TPSA) is 60.9 Å². The lowest BCUT2D eigenvalue weighted by atomic mass is 10.3. The predicted molar refractivity (Wildman–Crippen MR) is 62.7 cm³/mol. The van der Waals surface area contributed by atoms with Crippen molar-refractivity contribution in [1.82, 2.24) is 29.4 Å². The number of hydrogen-bond acceptors (Lipinski definition) is 4. The van der Waals surface area contributed by atoms with Crippen LogP contribution in [0, 0.1) is 6.92 Å². The summed E-state index contributed by atoms with van der Waals surface area (Å²) < 4.78 is 40.2. The zero-order chi connectivity index (χ0) is 14.5. The van der Waals surface area contributed by atoms with Crippen molar-refractivity contribution in [3.05, 3.63) is 35.0 Å². The molecular formula is C10H6ClF3N6. The normalized spacial score (nSPS) is 12.2. The molecule has 6 nitrogen and oxygen atoms in total. The lowest BCUT2D eigenvalue weighted by Gasteiger charge is -2.08. The standard InChI is InChI=1S/C10H6ClF3N6/c1-5-7(11)18-9-15-4-17-20(9)8(5)19-3-6(2-16-19)10(12,13)14/h2-4H,1H3. The Bertz CT molecular complexity index is 790. The van der Waals surface area contributed by atoms with Crippen molar-refractivity contribution in [3.63, 3.8) is 0 Å². The van der Waals surface area contributed by atoms with Gasteiger partial charge in [0.15, 0.2) is 5.82 Å². The predicted octanol–water partition coefficient (Wildman–Crippen LogP) is 2.29. The molecule has 0 spiro atoms. The third-order valence-corrected chi connectivity index (χ3v) is 3.07. The molecule has 0 saturated heterocycles. The third-order valence-electron chi connectivity index (χ3n) is 2.70. The summed E-state index contributed by atoms with van der Waals surface area (Å²) in [4.78, 5) is 7.82. The number of hydrogen-bond donors (Lipinski definition) is 0. The van der Waals surface area contributed by atoms with Crippen LogP contribution in [0.2, 0.25) is 5.15 Å². The van der Waals surface area contributed by atoms with Crippen LogP contribution in [0.1, 0.15) is 11.1 Å². The Hall–Kier alpha value is -2.16. The molecule has 0 bridgehead atoms. The average Bonchev–Trinajstić information content (AvgIpc) is 2.98. The highest BCUT2D eigenvalue weighted by Gasteiger charge is 2.32. The van der Waals surface area contributed by atoms with Gasteiger partial charge in [-0.2, -0.15) is 37.9 Å². The summed E-state index contributed by atoms with van der Waals surface area (Å²) in [6, 6.07) is 0. The van der Waals surface area contributed by atoms with Crippen molar-refractivity contribution < 1.29 is 13.2 Å². The van der Waals surface area contributed by atoms with E-state index in [0.29, 0.717) is 5.56 Å². The van der Waals surface area contributed by atoms with Gasteiger partial charge in [-0.3, -0.25) is 0 Å².